The number of rotatable bonds is 10. The van der Waals surface area contributed by atoms with E-state index >= 15 is 0 Å². The van der Waals surface area contributed by atoms with E-state index in [-0.39, 0.29) is 24.5 Å². The summed E-state index contributed by atoms with van der Waals surface area (Å²) in [7, 11) is 3.15. The zero-order valence-corrected chi connectivity index (χ0v) is 19.9. The van der Waals surface area contributed by atoms with Crippen LogP contribution < -0.4 is 14.2 Å². The van der Waals surface area contributed by atoms with Crippen LogP contribution in [0.25, 0.3) is 11.1 Å². The van der Waals surface area contributed by atoms with Gasteiger partial charge in [0.25, 0.3) is 0 Å². The molecule has 2 aromatic carbocycles. The second-order valence-corrected chi connectivity index (χ2v) is 8.85. The van der Waals surface area contributed by atoms with Gasteiger partial charge in [-0.15, -0.1) is 0 Å². The Labute approximate surface area is 195 Å². The van der Waals surface area contributed by atoms with Gasteiger partial charge in [-0.1, -0.05) is 32.0 Å². The van der Waals surface area contributed by atoms with Crippen molar-refractivity contribution in [2.24, 2.45) is 5.41 Å². The van der Waals surface area contributed by atoms with Crippen molar-refractivity contribution in [1.82, 2.24) is 0 Å². The highest BCUT2D eigenvalue weighted by atomic mass is 16.6. The molecule has 0 bridgehead atoms. The van der Waals surface area contributed by atoms with E-state index in [1.165, 1.54) is 0 Å². The van der Waals surface area contributed by atoms with Crippen molar-refractivity contribution >= 4 is 11.8 Å². The molecule has 6 nitrogen and oxygen atoms in total. The zero-order chi connectivity index (χ0) is 23.6. The van der Waals surface area contributed by atoms with Gasteiger partial charge in [0, 0.05) is 17.5 Å². The van der Waals surface area contributed by atoms with Gasteiger partial charge in [0.15, 0.2) is 17.3 Å². The Morgan fingerprint density at radius 3 is 2.30 bits per heavy atom. The van der Waals surface area contributed by atoms with Crippen molar-refractivity contribution in [1.29, 1.82) is 0 Å². The fourth-order valence-electron chi connectivity index (χ4n) is 4.50. The van der Waals surface area contributed by atoms with Crippen molar-refractivity contribution in [3.05, 3.63) is 41.5 Å². The van der Waals surface area contributed by atoms with Crippen LogP contribution in [0.2, 0.25) is 0 Å². The smallest absolute Gasteiger partial charge is 0.315 e. The summed E-state index contributed by atoms with van der Waals surface area (Å²) in [6.07, 6.45) is 4.22. The van der Waals surface area contributed by atoms with Gasteiger partial charge >= 0.3 is 5.97 Å². The number of esters is 1. The van der Waals surface area contributed by atoms with Gasteiger partial charge in [0.1, 0.15) is 18.1 Å². The molecular weight excluding hydrogens is 420 g/mol. The topological polar surface area (TPSA) is 71.1 Å². The molecule has 2 aliphatic rings. The van der Waals surface area contributed by atoms with E-state index in [0.29, 0.717) is 30.1 Å². The molecule has 176 valence electrons. The van der Waals surface area contributed by atoms with Crippen LogP contribution in [0.15, 0.2) is 30.3 Å². The number of carbonyl (C=O) groups is 2. The maximum absolute atomic E-state index is 12.9. The summed E-state index contributed by atoms with van der Waals surface area (Å²) in [4.78, 5) is 25.2. The van der Waals surface area contributed by atoms with Gasteiger partial charge in [-0.2, -0.15) is 0 Å². The summed E-state index contributed by atoms with van der Waals surface area (Å²) in [5.74, 6) is 1.51. The molecule has 0 amide bonds. The molecule has 0 spiro atoms. The van der Waals surface area contributed by atoms with E-state index in [1.54, 1.807) is 14.2 Å². The van der Waals surface area contributed by atoms with Gasteiger partial charge in [0.2, 0.25) is 5.75 Å². The second-order valence-electron chi connectivity index (χ2n) is 8.85. The predicted octanol–water partition coefficient (Wildman–Crippen LogP) is 5.39. The van der Waals surface area contributed by atoms with Gasteiger partial charge in [-0.05, 0) is 55.4 Å². The minimum Gasteiger partial charge on any atom is -0.493 e. The van der Waals surface area contributed by atoms with E-state index in [0.717, 1.165) is 47.9 Å². The molecule has 0 atom stereocenters. The van der Waals surface area contributed by atoms with Gasteiger partial charge in [-0.3, -0.25) is 9.59 Å². The lowest BCUT2D eigenvalue weighted by Crippen LogP contribution is -2.29. The lowest BCUT2D eigenvalue weighted by Gasteiger charge is -2.23. The monoisotopic (exact) mass is 452 g/mol. The summed E-state index contributed by atoms with van der Waals surface area (Å²) in [5.41, 5.74) is 2.93. The summed E-state index contributed by atoms with van der Waals surface area (Å²) >= 11 is 0. The van der Waals surface area contributed by atoms with E-state index in [4.69, 9.17) is 18.9 Å². The first-order valence-electron chi connectivity index (χ1n) is 11.7. The van der Waals surface area contributed by atoms with Crippen molar-refractivity contribution in [3.63, 3.8) is 0 Å². The third-order valence-corrected chi connectivity index (χ3v) is 6.83. The van der Waals surface area contributed by atoms with E-state index in [9.17, 15) is 9.59 Å². The molecule has 0 aliphatic heterocycles. The van der Waals surface area contributed by atoms with Crippen LogP contribution in [-0.2, 0) is 16.0 Å². The molecule has 2 aliphatic carbocycles. The Kier molecular flexibility index (Phi) is 6.63. The molecular formula is C27H32O6. The summed E-state index contributed by atoms with van der Waals surface area (Å²) in [5, 5.41) is 0. The zero-order valence-electron chi connectivity index (χ0n) is 19.9. The van der Waals surface area contributed by atoms with Crippen LogP contribution >= 0.6 is 0 Å². The highest BCUT2D eigenvalue weighted by Crippen LogP contribution is 2.51. The highest BCUT2D eigenvalue weighted by molar-refractivity contribution is 6.02. The molecule has 33 heavy (non-hydrogen) atoms. The minimum absolute atomic E-state index is 0.0682. The Hall–Kier alpha value is -3.02. The first-order chi connectivity index (χ1) is 16.0. The SMILES string of the molecule is CCC(CC)OC(=O)C1(COc2c(-c3cccc4c3CCC4=O)ccc(OC)c2OC)CC1. The molecule has 1 saturated carbocycles. The van der Waals surface area contributed by atoms with E-state index in [1.807, 2.05) is 44.2 Å². The van der Waals surface area contributed by atoms with Crippen LogP contribution in [0, 0.1) is 5.41 Å². The van der Waals surface area contributed by atoms with Gasteiger partial charge in [0.05, 0.1) is 14.2 Å². The Morgan fingerprint density at radius 1 is 0.939 bits per heavy atom. The van der Waals surface area contributed by atoms with Crippen molar-refractivity contribution in [2.45, 2.75) is 58.5 Å². The largest absolute Gasteiger partial charge is 0.493 e. The molecule has 2 aromatic rings. The maximum Gasteiger partial charge on any atom is 0.315 e. The van der Waals surface area contributed by atoms with E-state index in [2.05, 4.69) is 0 Å². The van der Waals surface area contributed by atoms with E-state index < -0.39 is 5.41 Å². The van der Waals surface area contributed by atoms with Crippen molar-refractivity contribution < 1.29 is 28.5 Å². The average Bonchev–Trinajstić information content (AvgIpc) is 3.55. The third kappa shape index (κ3) is 4.31. The lowest BCUT2D eigenvalue weighted by molar-refractivity contribution is -0.157. The molecule has 0 aromatic heterocycles. The third-order valence-electron chi connectivity index (χ3n) is 6.83. The minimum atomic E-state index is -0.622. The molecule has 4 rings (SSSR count). The first kappa shape index (κ1) is 23.1. The molecule has 0 N–H and O–H groups in total. The van der Waals surface area contributed by atoms with Gasteiger partial charge < -0.3 is 18.9 Å². The van der Waals surface area contributed by atoms with Crippen LogP contribution in [0.4, 0.5) is 0 Å². The number of ether oxygens (including phenoxy) is 4. The summed E-state index contributed by atoms with van der Waals surface area (Å²) < 4.78 is 23.3. The predicted molar refractivity (Wildman–Crippen MR) is 125 cm³/mol. The Bertz CT molecular complexity index is 1050. The number of carbonyl (C=O) groups excluding carboxylic acids is 2. The average molecular weight is 453 g/mol. The summed E-state index contributed by atoms with van der Waals surface area (Å²) in [6.45, 7) is 4.25. The lowest BCUT2D eigenvalue weighted by atomic mass is 9.95. The summed E-state index contributed by atoms with van der Waals surface area (Å²) in [6, 6.07) is 9.54. The van der Waals surface area contributed by atoms with Crippen LogP contribution in [0.5, 0.6) is 17.2 Å². The second kappa shape index (κ2) is 9.46. The standard InChI is InChI=1S/C27H32O6/c1-5-17(6-2)33-26(29)27(14-15-27)16-32-24-21(11-13-23(30-3)25(24)31-4)18-8-7-9-20-19(18)10-12-22(20)28/h7-9,11,13,17H,5-6,10,12,14-16H2,1-4H3. The Balaban J connectivity index is 1.68. The fourth-order valence-corrected chi connectivity index (χ4v) is 4.50. The van der Waals surface area contributed by atoms with Gasteiger partial charge in [-0.25, -0.2) is 0 Å². The highest BCUT2D eigenvalue weighted by Gasteiger charge is 2.53. The van der Waals surface area contributed by atoms with Crippen molar-refractivity contribution in [2.75, 3.05) is 20.8 Å². The number of ketones is 1. The molecule has 0 unspecified atom stereocenters. The molecule has 0 heterocycles. The molecule has 6 heteroatoms. The van der Waals surface area contributed by atoms with Crippen LogP contribution in [0.1, 0.15) is 61.9 Å². The number of hydrogen-bond donors (Lipinski definition) is 0. The molecule has 1 fully saturated rings. The molecule has 0 radical (unpaired) electrons. The number of hydrogen-bond acceptors (Lipinski definition) is 6. The number of benzene rings is 2. The number of Topliss-reactive ketones (excluding diaryl/α,β-unsaturated/α-hetero) is 1. The fraction of sp³-hybridized carbons (Fsp3) is 0.481. The number of fused-ring (bicyclic) bond motifs is 1. The van der Waals surface area contributed by atoms with Crippen LogP contribution in [-0.4, -0.2) is 38.7 Å². The Morgan fingerprint density at radius 2 is 1.67 bits per heavy atom. The first-order valence-corrected chi connectivity index (χ1v) is 11.7. The maximum atomic E-state index is 12.9. The quantitative estimate of drug-likeness (QED) is 0.450. The molecule has 0 saturated heterocycles. The van der Waals surface area contributed by atoms with Crippen LogP contribution in [0.3, 0.4) is 0 Å². The van der Waals surface area contributed by atoms with Crippen molar-refractivity contribution in [3.8, 4) is 28.4 Å². The normalized spacial score (nSPS) is 15.8. The number of methoxy groups -OCH3 is 2.